The lowest BCUT2D eigenvalue weighted by Crippen LogP contribution is -2.32. The van der Waals surface area contributed by atoms with E-state index in [9.17, 15) is 9.59 Å². The van der Waals surface area contributed by atoms with Crippen molar-refractivity contribution in [2.45, 2.75) is 20.3 Å². The summed E-state index contributed by atoms with van der Waals surface area (Å²) in [6, 6.07) is 9.75. The molecule has 3 rings (SSSR count). The Labute approximate surface area is 131 Å². The second-order valence-electron chi connectivity index (χ2n) is 4.89. The van der Waals surface area contributed by atoms with Crippen LogP contribution < -0.4 is 11.0 Å². The highest BCUT2D eigenvalue weighted by molar-refractivity contribution is 7.19. The molecule has 1 amide bonds. The van der Waals surface area contributed by atoms with Crippen molar-refractivity contribution in [3.05, 3.63) is 51.9 Å². The molecule has 0 unspecified atom stereocenters. The van der Waals surface area contributed by atoms with Crippen LogP contribution in [0, 0.1) is 6.92 Å². The number of carbonyl (C=O) groups is 1. The Hall–Kier alpha value is -2.47. The first-order valence-electron chi connectivity index (χ1n) is 6.98. The molecule has 0 aliphatic heterocycles. The van der Waals surface area contributed by atoms with Gasteiger partial charge in [0.2, 0.25) is 5.91 Å². The molecule has 0 aliphatic carbocycles. The topological polar surface area (TPSA) is 64.0 Å². The zero-order chi connectivity index (χ0) is 15.7. The van der Waals surface area contributed by atoms with E-state index in [0.29, 0.717) is 16.6 Å². The number of amides is 1. The first-order valence-corrected chi connectivity index (χ1v) is 7.79. The van der Waals surface area contributed by atoms with Crippen molar-refractivity contribution in [2.75, 3.05) is 5.43 Å². The molecule has 2 heterocycles. The van der Waals surface area contributed by atoms with Gasteiger partial charge in [-0.15, -0.1) is 11.3 Å². The van der Waals surface area contributed by atoms with Gasteiger partial charge in [0.1, 0.15) is 11.2 Å². The Balaban J connectivity index is 2.25. The zero-order valence-electron chi connectivity index (χ0n) is 12.3. The summed E-state index contributed by atoms with van der Waals surface area (Å²) >= 11 is 1.48. The molecule has 5 nitrogen and oxygen atoms in total. The normalized spacial score (nSPS) is 10.8. The highest BCUT2D eigenvalue weighted by Gasteiger charge is 2.17. The Morgan fingerprint density at radius 2 is 2.05 bits per heavy atom. The summed E-state index contributed by atoms with van der Waals surface area (Å²) in [6.45, 7) is 3.71. The van der Waals surface area contributed by atoms with Gasteiger partial charge in [-0.3, -0.25) is 15.0 Å². The molecule has 0 aliphatic rings. The highest BCUT2D eigenvalue weighted by atomic mass is 32.1. The largest absolute Gasteiger partial charge is 0.281 e. The van der Waals surface area contributed by atoms with Gasteiger partial charge in [0, 0.05) is 16.9 Å². The quantitative estimate of drug-likeness (QED) is 0.808. The second-order valence-corrected chi connectivity index (χ2v) is 6.09. The van der Waals surface area contributed by atoms with Crippen LogP contribution in [0.25, 0.3) is 21.3 Å². The number of rotatable bonds is 3. The fourth-order valence-electron chi connectivity index (χ4n) is 2.35. The van der Waals surface area contributed by atoms with Gasteiger partial charge < -0.3 is 0 Å². The molecule has 0 saturated carbocycles. The lowest BCUT2D eigenvalue weighted by molar-refractivity contribution is -0.116. The number of aryl methyl sites for hydroxylation is 1. The summed E-state index contributed by atoms with van der Waals surface area (Å²) in [4.78, 5) is 30.3. The van der Waals surface area contributed by atoms with E-state index in [1.54, 1.807) is 6.92 Å². The van der Waals surface area contributed by atoms with Crippen LogP contribution in [-0.2, 0) is 4.79 Å². The van der Waals surface area contributed by atoms with Crippen LogP contribution in [0.3, 0.4) is 0 Å². The average Bonchev–Trinajstić information content (AvgIpc) is 2.87. The van der Waals surface area contributed by atoms with E-state index >= 15 is 0 Å². The third-order valence-electron chi connectivity index (χ3n) is 3.42. The molecule has 0 bridgehead atoms. The summed E-state index contributed by atoms with van der Waals surface area (Å²) in [7, 11) is 0. The molecule has 1 N–H and O–H groups in total. The standard InChI is InChI=1S/C16H15N3O2S/c1-3-12(20)18-19-9-17-15-14(16(19)21)13(10(2)22-15)11-7-5-4-6-8-11/h4-9H,3H2,1-2H3,(H,18,20). The maximum Gasteiger partial charge on any atom is 0.281 e. The summed E-state index contributed by atoms with van der Waals surface area (Å²) in [5.41, 5.74) is 4.16. The predicted octanol–water partition coefficient (Wildman–Crippen LogP) is 2.91. The maximum atomic E-state index is 12.7. The monoisotopic (exact) mass is 313 g/mol. The number of hydrogen-bond donors (Lipinski definition) is 1. The van der Waals surface area contributed by atoms with Crippen molar-refractivity contribution in [1.82, 2.24) is 9.66 Å². The SMILES string of the molecule is CCC(=O)Nn1cnc2sc(C)c(-c3ccccc3)c2c1=O. The molecule has 22 heavy (non-hydrogen) atoms. The minimum atomic E-state index is -0.255. The van der Waals surface area contributed by atoms with E-state index in [1.807, 2.05) is 37.3 Å². The van der Waals surface area contributed by atoms with Crippen LogP contribution in [0.5, 0.6) is 0 Å². The van der Waals surface area contributed by atoms with E-state index in [0.717, 1.165) is 20.7 Å². The van der Waals surface area contributed by atoms with Gasteiger partial charge in [-0.1, -0.05) is 37.3 Å². The van der Waals surface area contributed by atoms with Crippen LogP contribution in [0.2, 0.25) is 0 Å². The molecule has 3 aromatic rings. The molecule has 112 valence electrons. The van der Waals surface area contributed by atoms with E-state index < -0.39 is 0 Å². The smallest absolute Gasteiger partial charge is 0.273 e. The van der Waals surface area contributed by atoms with Crippen molar-refractivity contribution in [3.63, 3.8) is 0 Å². The van der Waals surface area contributed by atoms with Crippen LogP contribution in [-0.4, -0.2) is 15.6 Å². The third-order valence-corrected chi connectivity index (χ3v) is 4.43. The Bertz CT molecular complexity index is 897. The lowest BCUT2D eigenvalue weighted by Gasteiger charge is -2.07. The van der Waals surface area contributed by atoms with Gasteiger partial charge in [-0.2, -0.15) is 0 Å². The highest BCUT2D eigenvalue weighted by Crippen LogP contribution is 2.35. The molecular formula is C16H15N3O2S. The van der Waals surface area contributed by atoms with Gasteiger partial charge in [-0.05, 0) is 12.5 Å². The van der Waals surface area contributed by atoms with Gasteiger partial charge in [-0.25, -0.2) is 9.66 Å². The minimum Gasteiger partial charge on any atom is -0.273 e. The Morgan fingerprint density at radius 3 is 2.73 bits per heavy atom. The fourth-order valence-corrected chi connectivity index (χ4v) is 3.35. The molecule has 0 radical (unpaired) electrons. The van der Waals surface area contributed by atoms with Gasteiger partial charge in [0.15, 0.2) is 0 Å². The summed E-state index contributed by atoms with van der Waals surface area (Å²) in [6.07, 6.45) is 1.67. The average molecular weight is 313 g/mol. The van der Waals surface area contributed by atoms with Crippen molar-refractivity contribution in [2.24, 2.45) is 0 Å². The van der Waals surface area contributed by atoms with E-state index in [-0.39, 0.29) is 11.5 Å². The third kappa shape index (κ3) is 2.42. The molecule has 2 aromatic heterocycles. The number of carbonyl (C=O) groups excluding carboxylic acids is 1. The predicted molar refractivity (Wildman–Crippen MR) is 88.7 cm³/mol. The Kier molecular flexibility index (Phi) is 3.77. The Morgan fingerprint density at radius 1 is 1.32 bits per heavy atom. The van der Waals surface area contributed by atoms with Gasteiger partial charge >= 0.3 is 0 Å². The van der Waals surface area contributed by atoms with E-state index in [2.05, 4.69) is 10.4 Å². The van der Waals surface area contributed by atoms with E-state index in [4.69, 9.17) is 0 Å². The van der Waals surface area contributed by atoms with Crippen molar-refractivity contribution >= 4 is 27.5 Å². The van der Waals surface area contributed by atoms with Gasteiger partial charge in [0.25, 0.3) is 5.56 Å². The molecule has 0 spiro atoms. The first kappa shape index (κ1) is 14.5. The van der Waals surface area contributed by atoms with Crippen molar-refractivity contribution in [1.29, 1.82) is 0 Å². The molecule has 1 aromatic carbocycles. The summed E-state index contributed by atoms with van der Waals surface area (Å²) in [5, 5.41) is 0.549. The van der Waals surface area contributed by atoms with Gasteiger partial charge in [0.05, 0.1) is 5.39 Å². The lowest BCUT2D eigenvalue weighted by atomic mass is 10.0. The zero-order valence-corrected chi connectivity index (χ0v) is 13.1. The first-order chi connectivity index (χ1) is 10.6. The fraction of sp³-hybridized carbons (Fsp3) is 0.188. The molecule has 0 saturated heterocycles. The summed E-state index contributed by atoms with van der Waals surface area (Å²) in [5.74, 6) is -0.225. The number of nitrogens with one attached hydrogen (secondary N) is 1. The van der Waals surface area contributed by atoms with Crippen molar-refractivity contribution < 1.29 is 4.79 Å². The van der Waals surface area contributed by atoms with Crippen molar-refractivity contribution in [3.8, 4) is 11.1 Å². The number of aromatic nitrogens is 2. The number of fused-ring (bicyclic) bond motifs is 1. The van der Waals surface area contributed by atoms with Crippen LogP contribution in [0.4, 0.5) is 0 Å². The number of hydrogen-bond acceptors (Lipinski definition) is 4. The molecule has 0 fully saturated rings. The number of nitrogens with zero attached hydrogens (tertiary/aromatic N) is 2. The number of benzene rings is 1. The summed E-state index contributed by atoms with van der Waals surface area (Å²) < 4.78 is 1.16. The number of thiophene rings is 1. The van der Waals surface area contributed by atoms with Crippen LogP contribution >= 0.6 is 11.3 Å². The van der Waals surface area contributed by atoms with Crippen LogP contribution in [0.1, 0.15) is 18.2 Å². The second kappa shape index (κ2) is 5.73. The molecular weight excluding hydrogens is 298 g/mol. The van der Waals surface area contributed by atoms with E-state index in [1.165, 1.54) is 17.7 Å². The maximum absolute atomic E-state index is 12.7. The van der Waals surface area contributed by atoms with Crippen LogP contribution in [0.15, 0.2) is 41.5 Å². The minimum absolute atomic E-state index is 0.225. The molecule has 0 atom stereocenters. The molecule has 6 heteroatoms.